The molecule has 0 heterocycles. The third-order valence-electron chi connectivity index (χ3n) is 1.96. The second-order valence-electron chi connectivity index (χ2n) is 3.50. The highest BCUT2D eigenvalue weighted by Crippen LogP contribution is 2.09. The lowest BCUT2D eigenvalue weighted by molar-refractivity contribution is -0.122. The van der Waals surface area contributed by atoms with Gasteiger partial charge in [-0.05, 0) is 18.2 Å². The minimum Gasteiger partial charge on any atom is -0.384 e. The van der Waals surface area contributed by atoms with E-state index in [4.69, 9.17) is 5.11 Å². The molecule has 5 nitrogen and oxygen atoms in total. The third-order valence-corrected chi connectivity index (χ3v) is 1.96. The largest absolute Gasteiger partial charge is 0.384 e. The number of aliphatic hydroxyl groups excluding tert-OH is 1. The minimum atomic E-state index is -0.308. The Morgan fingerprint density at radius 1 is 1.39 bits per heavy atom. The summed E-state index contributed by atoms with van der Waals surface area (Å²) >= 11 is 0. The smallest absolute Gasteiger partial charge is 0.243 e. The van der Waals surface area contributed by atoms with E-state index in [-0.39, 0.29) is 25.0 Å². The van der Waals surface area contributed by atoms with Crippen LogP contribution >= 0.6 is 0 Å². The van der Waals surface area contributed by atoms with E-state index in [0.29, 0.717) is 11.3 Å². The Hall–Kier alpha value is -2.32. The van der Waals surface area contributed by atoms with Crippen LogP contribution in [0, 0.1) is 11.8 Å². The first-order chi connectivity index (χ1) is 8.61. The molecule has 1 aromatic carbocycles. The van der Waals surface area contributed by atoms with Crippen molar-refractivity contribution < 1.29 is 14.7 Å². The summed E-state index contributed by atoms with van der Waals surface area (Å²) < 4.78 is 0. The molecule has 3 N–H and O–H groups in total. The first kappa shape index (κ1) is 13.7. The summed E-state index contributed by atoms with van der Waals surface area (Å²) in [5.41, 5.74) is 1.29. The highest BCUT2D eigenvalue weighted by molar-refractivity contribution is 5.94. The fraction of sp³-hybridized carbons (Fsp3) is 0.231. The predicted molar refractivity (Wildman–Crippen MR) is 67.7 cm³/mol. The zero-order valence-electron chi connectivity index (χ0n) is 9.99. The zero-order valence-corrected chi connectivity index (χ0v) is 9.99. The molecular formula is C13H14N2O3. The summed E-state index contributed by atoms with van der Waals surface area (Å²) in [5.74, 6) is 4.69. The van der Waals surface area contributed by atoms with Gasteiger partial charge in [0.05, 0.1) is 6.54 Å². The summed E-state index contributed by atoms with van der Waals surface area (Å²) in [4.78, 5) is 22.1. The van der Waals surface area contributed by atoms with E-state index in [0.717, 1.165) is 0 Å². The minimum absolute atomic E-state index is 0.0676. The Kier molecular flexibility index (Phi) is 5.42. The van der Waals surface area contributed by atoms with Crippen molar-refractivity contribution in [3.05, 3.63) is 29.8 Å². The molecule has 2 amide bonds. The fourth-order valence-electron chi connectivity index (χ4n) is 1.23. The maximum Gasteiger partial charge on any atom is 0.243 e. The van der Waals surface area contributed by atoms with Gasteiger partial charge in [0.1, 0.15) is 6.61 Å². The predicted octanol–water partition coefficient (Wildman–Crippen LogP) is 0.105. The van der Waals surface area contributed by atoms with E-state index < -0.39 is 0 Å². The molecule has 0 bridgehead atoms. The molecule has 94 valence electrons. The molecule has 0 aliphatic carbocycles. The van der Waals surface area contributed by atoms with Gasteiger partial charge in [0, 0.05) is 18.2 Å². The van der Waals surface area contributed by atoms with Gasteiger partial charge in [-0.1, -0.05) is 17.9 Å². The molecular weight excluding hydrogens is 232 g/mol. The topological polar surface area (TPSA) is 78.4 Å². The van der Waals surface area contributed by atoms with E-state index in [2.05, 4.69) is 22.5 Å². The van der Waals surface area contributed by atoms with Crippen molar-refractivity contribution >= 4 is 17.5 Å². The van der Waals surface area contributed by atoms with Crippen LogP contribution in [0.2, 0.25) is 0 Å². The van der Waals surface area contributed by atoms with Crippen LogP contribution in [0.1, 0.15) is 12.5 Å². The highest BCUT2D eigenvalue weighted by Gasteiger charge is 2.02. The van der Waals surface area contributed by atoms with Crippen LogP contribution in [-0.2, 0) is 9.59 Å². The number of benzene rings is 1. The van der Waals surface area contributed by atoms with Gasteiger partial charge >= 0.3 is 0 Å². The monoisotopic (exact) mass is 246 g/mol. The molecule has 0 aromatic heterocycles. The van der Waals surface area contributed by atoms with Crippen molar-refractivity contribution in [2.24, 2.45) is 0 Å². The van der Waals surface area contributed by atoms with Crippen LogP contribution in [0.15, 0.2) is 24.3 Å². The number of hydrogen-bond donors (Lipinski definition) is 3. The van der Waals surface area contributed by atoms with Gasteiger partial charge in [-0.25, -0.2) is 0 Å². The molecule has 0 aliphatic rings. The molecule has 5 heteroatoms. The number of carbonyl (C=O) groups is 2. The first-order valence-corrected chi connectivity index (χ1v) is 5.36. The Balaban J connectivity index is 2.61. The molecule has 1 aromatic rings. The van der Waals surface area contributed by atoms with E-state index >= 15 is 0 Å². The van der Waals surface area contributed by atoms with E-state index in [1.54, 1.807) is 24.3 Å². The van der Waals surface area contributed by atoms with Gasteiger partial charge in [0.15, 0.2) is 0 Å². The summed E-state index contributed by atoms with van der Waals surface area (Å²) in [5, 5.41) is 13.6. The summed E-state index contributed by atoms with van der Waals surface area (Å²) in [6.45, 7) is 1.07. The molecule has 0 radical (unpaired) electrons. The van der Waals surface area contributed by atoms with Crippen LogP contribution < -0.4 is 10.6 Å². The lowest BCUT2D eigenvalue weighted by Crippen LogP contribution is -2.31. The lowest BCUT2D eigenvalue weighted by atomic mass is 10.2. The molecule has 0 saturated carbocycles. The number of amides is 2. The highest BCUT2D eigenvalue weighted by atomic mass is 16.2. The average molecular weight is 246 g/mol. The molecule has 0 spiro atoms. The molecule has 1 rings (SSSR count). The molecule has 0 fully saturated rings. The Labute approximate surface area is 105 Å². The third kappa shape index (κ3) is 5.14. The summed E-state index contributed by atoms with van der Waals surface area (Å²) in [7, 11) is 0. The molecule has 0 aliphatic heterocycles. The number of anilines is 1. The van der Waals surface area contributed by atoms with Crippen LogP contribution in [0.5, 0.6) is 0 Å². The van der Waals surface area contributed by atoms with Gasteiger partial charge < -0.3 is 15.7 Å². The lowest BCUT2D eigenvalue weighted by Gasteiger charge is -2.05. The fourth-order valence-corrected chi connectivity index (χ4v) is 1.23. The molecule has 18 heavy (non-hydrogen) atoms. The second-order valence-corrected chi connectivity index (χ2v) is 3.50. The summed E-state index contributed by atoms with van der Waals surface area (Å²) in [6.07, 6.45) is 0. The molecule has 0 atom stereocenters. The van der Waals surface area contributed by atoms with Gasteiger partial charge in [-0.2, -0.15) is 0 Å². The Bertz CT molecular complexity index is 500. The number of aliphatic hydroxyl groups is 1. The van der Waals surface area contributed by atoms with Crippen LogP contribution in [0.4, 0.5) is 5.69 Å². The number of carbonyl (C=O) groups excluding carboxylic acids is 2. The van der Waals surface area contributed by atoms with Gasteiger partial charge in [-0.15, -0.1) is 0 Å². The van der Waals surface area contributed by atoms with E-state index in [9.17, 15) is 9.59 Å². The van der Waals surface area contributed by atoms with Crippen molar-refractivity contribution in [1.29, 1.82) is 0 Å². The maximum atomic E-state index is 11.4. The number of hydrogen-bond acceptors (Lipinski definition) is 3. The molecule has 0 unspecified atom stereocenters. The zero-order chi connectivity index (χ0) is 13.4. The van der Waals surface area contributed by atoms with E-state index in [1.165, 1.54) is 6.92 Å². The number of nitrogens with one attached hydrogen (secondary N) is 2. The second kappa shape index (κ2) is 7.09. The maximum absolute atomic E-state index is 11.4. The standard InChI is InChI=1S/C13H14N2O3/c1-10(17)14-9-13(18)15-12-6-2-4-11(8-12)5-3-7-16/h2,4,6,8,16H,7,9H2,1H3,(H,14,17)(H,15,18). The van der Waals surface area contributed by atoms with Crippen LogP contribution in [0.25, 0.3) is 0 Å². The summed E-state index contributed by atoms with van der Waals surface area (Å²) in [6, 6.07) is 6.92. The average Bonchev–Trinajstić information content (AvgIpc) is 2.34. The van der Waals surface area contributed by atoms with Gasteiger partial charge in [0.25, 0.3) is 0 Å². The quantitative estimate of drug-likeness (QED) is 0.662. The molecule has 0 saturated heterocycles. The van der Waals surface area contributed by atoms with Crippen molar-refractivity contribution in [2.45, 2.75) is 6.92 Å². The van der Waals surface area contributed by atoms with E-state index in [1.807, 2.05) is 0 Å². The van der Waals surface area contributed by atoms with Crippen molar-refractivity contribution in [1.82, 2.24) is 5.32 Å². The number of rotatable bonds is 3. The first-order valence-electron chi connectivity index (χ1n) is 5.36. The normalized spacial score (nSPS) is 9.00. The Morgan fingerprint density at radius 2 is 2.17 bits per heavy atom. The van der Waals surface area contributed by atoms with Crippen molar-refractivity contribution in [3.63, 3.8) is 0 Å². The Morgan fingerprint density at radius 3 is 2.83 bits per heavy atom. The van der Waals surface area contributed by atoms with Crippen LogP contribution in [-0.4, -0.2) is 30.1 Å². The van der Waals surface area contributed by atoms with Gasteiger partial charge in [-0.3, -0.25) is 9.59 Å². The van der Waals surface area contributed by atoms with Crippen molar-refractivity contribution in [3.8, 4) is 11.8 Å². The SMILES string of the molecule is CC(=O)NCC(=O)Nc1cccc(C#CCO)c1. The van der Waals surface area contributed by atoms with Crippen LogP contribution in [0.3, 0.4) is 0 Å². The van der Waals surface area contributed by atoms with Gasteiger partial charge in [0.2, 0.25) is 11.8 Å². The van der Waals surface area contributed by atoms with Crippen molar-refractivity contribution in [2.75, 3.05) is 18.5 Å².